The van der Waals surface area contributed by atoms with Crippen molar-refractivity contribution in [2.75, 3.05) is 18.4 Å². The summed E-state index contributed by atoms with van der Waals surface area (Å²) < 4.78 is 0. The van der Waals surface area contributed by atoms with Crippen molar-refractivity contribution in [1.82, 2.24) is 24.8 Å². The van der Waals surface area contributed by atoms with Crippen molar-refractivity contribution in [1.29, 1.82) is 0 Å². The number of benzene rings is 2. The molecule has 0 fully saturated rings. The summed E-state index contributed by atoms with van der Waals surface area (Å²) >= 11 is 12.6. The van der Waals surface area contributed by atoms with Gasteiger partial charge in [0.05, 0.1) is 33.2 Å². The Morgan fingerprint density at radius 2 is 1.94 bits per heavy atom. The Labute approximate surface area is 188 Å². The fourth-order valence-electron chi connectivity index (χ4n) is 3.65. The molecule has 31 heavy (non-hydrogen) atoms. The van der Waals surface area contributed by atoms with Crippen molar-refractivity contribution in [3.05, 3.63) is 70.2 Å². The average molecular weight is 453 g/mol. The molecule has 5 rings (SSSR count). The molecule has 9 heteroatoms. The summed E-state index contributed by atoms with van der Waals surface area (Å²) in [4.78, 5) is 31.2. The van der Waals surface area contributed by atoms with Crippen molar-refractivity contribution in [3.8, 4) is 0 Å². The minimum Gasteiger partial charge on any atom is -0.360 e. The van der Waals surface area contributed by atoms with Gasteiger partial charge in [0.25, 0.3) is 5.91 Å². The largest absolute Gasteiger partial charge is 0.360 e. The number of carbonyl (C=O) groups excluding carboxylic acids is 1. The first-order valence-electron chi connectivity index (χ1n) is 9.80. The Kier molecular flexibility index (Phi) is 5.00. The Bertz CT molecular complexity index is 1340. The fourth-order valence-corrected chi connectivity index (χ4v) is 4.07. The lowest BCUT2D eigenvalue weighted by Gasteiger charge is -2.17. The fraction of sp³-hybridized carbons (Fsp3) is 0.182. The highest BCUT2D eigenvalue weighted by molar-refractivity contribution is 6.35. The van der Waals surface area contributed by atoms with E-state index in [9.17, 15) is 4.79 Å². The van der Waals surface area contributed by atoms with E-state index in [4.69, 9.17) is 23.2 Å². The van der Waals surface area contributed by atoms with Crippen LogP contribution >= 0.6 is 23.2 Å². The zero-order valence-electron chi connectivity index (χ0n) is 16.6. The summed E-state index contributed by atoms with van der Waals surface area (Å²) in [6.45, 7) is 3.15. The molecule has 1 amide bonds. The molecule has 0 aliphatic carbocycles. The number of imidazole rings is 1. The van der Waals surface area contributed by atoms with Crippen LogP contribution in [0, 0.1) is 0 Å². The van der Waals surface area contributed by atoms with E-state index in [1.807, 2.05) is 37.3 Å². The van der Waals surface area contributed by atoms with E-state index in [1.54, 1.807) is 17.0 Å². The van der Waals surface area contributed by atoms with Gasteiger partial charge in [-0.1, -0.05) is 35.4 Å². The molecule has 3 heterocycles. The van der Waals surface area contributed by atoms with Crippen molar-refractivity contribution >= 4 is 56.9 Å². The van der Waals surface area contributed by atoms with Gasteiger partial charge < -0.3 is 15.2 Å². The smallest absolute Gasteiger partial charge is 0.256 e. The number of hydrogen-bond donors (Lipinski definition) is 2. The second-order valence-corrected chi connectivity index (χ2v) is 8.25. The molecule has 7 nitrogen and oxygen atoms in total. The van der Waals surface area contributed by atoms with Crippen LogP contribution in [-0.2, 0) is 0 Å². The molecule has 1 unspecified atom stereocenters. The topological polar surface area (TPSA) is 86.8 Å². The summed E-state index contributed by atoms with van der Waals surface area (Å²) in [5.74, 6) is 1.25. The molecule has 2 N–H and O–H groups in total. The Morgan fingerprint density at radius 3 is 2.74 bits per heavy atom. The van der Waals surface area contributed by atoms with Gasteiger partial charge in [0, 0.05) is 23.5 Å². The van der Waals surface area contributed by atoms with Gasteiger partial charge in [0.15, 0.2) is 0 Å². The second kappa shape index (κ2) is 7.83. The van der Waals surface area contributed by atoms with Gasteiger partial charge in [0.2, 0.25) is 0 Å². The third kappa shape index (κ3) is 3.71. The molecule has 1 atom stereocenters. The number of nitrogens with one attached hydrogen (secondary N) is 2. The van der Waals surface area contributed by atoms with Crippen LogP contribution in [0.25, 0.3) is 21.9 Å². The number of carbonyl (C=O) groups is 1. The highest BCUT2D eigenvalue weighted by Gasteiger charge is 2.21. The molecule has 0 bridgehead atoms. The van der Waals surface area contributed by atoms with Crippen LogP contribution in [0.5, 0.6) is 0 Å². The van der Waals surface area contributed by atoms with Crippen LogP contribution in [-0.4, -0.2) is 43.8 Å². The molecular formula is C22H18Cl2N6O. The number of aromatic nitrogens is 4. The number of hydrogen-bond acceptors (Lipinski definition) is 5. The van der Waals surface area contributed by atoms with E-state index < -0.39 is 0 Å². The molecular weight excluding hydrogens is 435 g/mol. The second-order valence-electron chi connectivity index (χ2n) is 7.40. The van der Waals surface area contributed by atoms with Crippen LogP contribution < -0.4 is 5.32 Å². The molecule has 0 saturated heterocycles. The zero-order chi connectivity index (χ0) is 21.5. The van der Waals surface area contributed by atoms with E-state index in [-0.39, 0.29) is 11.9 Å². The first kappa shape index (κ1) is 19.8. The average Bonchev–Trinajstić information content (AvgIpc) is 3.43. The number of halogens is 2. The van der Waals surface area contributed by atoms with E-state index in [0.717, 1.165) is 22.2 Å². The number of H-pyrrole nitrogens is 1. The van der Waals surface area contributed by atoms with E-state index in [2.05, 4.69) is 25.3 Å². The number of aromatic amines is 1. The lowest BCUT2D eigenvalue weighted by atomic mass is 10.1. The monoisotopic (exact) mass is 452 g/mol. The number of nitrogens with zero attached hydrogens (tertiary/aromatic N) is 4. The molecule has 1 aliphatic rings. The van der Waals surface area contributed by atoms with Gasteiger partial charge in [-0.05, 0) is 37.3 Å². The zero-order valence-corrected chi connectivity index (χ0v) is 18.1. The molecule has 156 valence electrons. The highest BCUT2D eigenvalue weighted by atomic mass is 35.5. The third-order valence-electron chi connectivity index (χ3n) is 5.29. The quantitative estimate of drug-likeness (QED) is 0.425. The summed E-state index contributed by atoms with van der Waals surface area (Å²) in [6.07, 6.45) is 5.39. The molecule has 2 aromatic carbocycles. The van der Waals surface area contributed by atoms with E-state index >= 15 is 0 Å². The van der Waals surface area contributed by atoms with Crippen molar-refractivity contribution in [2.24, 2.45) is 0 Å². The normalized spacial score (nSPS) is 14.5. The first-order chi connectivity index (χ1) is 15.0. The standard InChI is InChI=1S/C22H18Cl2N6O/c1-12(20-28-17-5-4-13(23)8-19(17)29-20)27-21-15-9-16(24)14(10-18(15)25-11-26-21)22(31)30-6-2-3-7-30/h2-5,8-12H,6-7H2,1H3,(H,28,29)(H,25,26,27). The predicted octanol–water partition coefficient (Wildman–Crippen LogP) is 5.00. The predicted molar refractivity (Wildman–Crippen MR) is 123 cm³/mol. The summed E-state index contributed by atoms with van der Waals surface area (Å²) in [5, 5.41) is 5.11. The number of amides is 1. The minimum atomic E-state index is -0.167. The lowest BCUT2D eigenvalue weighted by Crippen LogP contribution is -2.28. The Hall–Kier alpha value is -3.16. The maximum absolute atomic E-state index is 12.8. The minimum absolute atomic E-state index is 0.112. The summed E-state index contributed by atoms with van der Waals surface area (Å²) in [7, 11) is 0. The lowest BCUT2D eigenvalue weighted by molar-refractivity contribution is 0.0800. The van der Waals surface area contributed by atoms with E-state index in [0.29, 0.717) is 40.0 Å². The van der Waals surface area contributed by atoms with Crippen LogP contribution in [0.4, 0.5) is 5.82 Å². The van der Waals surface area contributed by atoms with Gasteiger partial charge in [-0.25, -0.2) is 15.0 Å². The molecule has 0 spiro atoms. The molecule has 0 saturated carbocycles. The number of anilines is 1. The summed E-state index contributed by atoms with van der Waals surface area (Å²) in [6, 6.07) is 8.82. The molecule has 1 aliphatic heterocycles. The molecule has 2 aromatic heterocycles. The highest BCUT2D eigenvalue weighted by Crippen LogP contribution is 2.30. The van der Waals surface area contributed by atoms with Crippen LogP contribution in [0.3, 0.4) is 0 Å². The van der Waals surface area contributed by atoms with Crippen LogP contribution in [0.1, 0.15) is 29.1 Å². The Morgan fingerprint density at radius 1 is 1.13 bits per heavy atom. The van der Waals surface area contributed by atoms with Gasteiger partial charge >= 0.3 is 0 Å². The summed E-state index contributed by atoms with van der Waals surface area (Å²) in [5.41, 5.74) is 2.78. The van der Waals surface area contributed by atoms with Gasteiger partial charge in [0.1, 0.15) is 18.0 Å². The van der Waals surface area contributed by atoms with Crippen molar-refractivity contribution in [3.63, 3.8) is 0 Å². The van der Waals surface area contributed by atoms with Gasteiger partial charge in [-0.2, -0.15) is 0 Å². The SMILES string of the molecule is CC(Nc1ncnc2cc(C(=O)N3CC=CC3)c(Cl)cc12)c1nc2ccc(Cl)cc2[nH]1. The van der Waals surface area contributed by atoms with Gasteiger partial charge in [-0.15, -0.1) is 0 Å². The van der Waals surface area contributed by atoms with Crippen LogP contribution in [0.2, 0.25) is 10.0 Å². The van der Waals surface area contributed by atoms with Crippen LogP contribution in [0.15, 0.2) is 48.8 Å². The van der Waals surface area contributed by atoms with Gasteiger partial charge in [-0.3, -0.25) is 4.79 Å². The van der Waals surface area contributed by atoms with Crippen molar-refractivity contribution < 1.29 is 4.79 Å². The maximum Gasteiger partial charge on any atom is 0.256 e. The number of fused-ring (bicyclic) bond motifs is 2. The third-order valence-corrected chi connectivity index (χ3v) is 5.83. The number of rotatable bonds is 4. The van der Waals surface area contributed by atoms with E-state index in [1.165, 1.54) is 6.33 Å². The maximum atomic E-state index is 12.8. The molecule has 0 radical (unpaired) electrons. The molecule has 4 aromatic rings. The first-order valence-corrected chi connectivity index (χ1v) is 10.6. The Balaban J connectivity index is 1.46. The van der Waals surface area contributed by atoms with Crippen molar-refractivity contribution in [2.45, 2.75) is 13.0 Å².